The fraction of sp³-hybridized carbons (Fsp3) is 0.333. The second kappa shape index (κ2) is 21.5. The first kappa shape index (κ1) is 44.5. The van der Waals surface area contributed by atoms with Gasteiger partial charge in [-0.1, -0.05) is 178 Å². The molecule has 1 fully saturated rings. The lowest BCUT2D eigenvalue weighted by molar-refractivity contribution is -0.254. The van der Waals surface area contributed by atoms with Gasteiger partial charge in [-0.3, -0.25) is 0 Å². The smallest absolute Gasteiger partial charge is 0.133 e. The Hall–Kier alpha value is -4.09. The van der Waals surface area contributed by atoms with Crippen molar-refractivity contribution in [3.8, 4) is 0 Å². The Balaban J connectivity index is 1.15. The molecule has 0 saturated carbocycles. The van der Waals surface area contributed by atoms with Crippen LogP contribution in [0.2, 0.25) is 0 Å². The van der Waals surface area contributed by atoms with E-state index in [1.54, 1.807) is 11.8 Å². The van der Waals surface area contributed by atoms with Gasteiger partial charge in [-0.2, -0.15) is 0 Å². The molecule has 0 spiro atoms. The van der Waals surface area contributed by atoms with Gasteiger partial charge >= 0.3 is 0 Å². The predicted molar refractivity (Wildman–Crippen MR) is 252 cm³/mol. The molecule has 1 aliphatic carbocycles. The first-order valence-electron chi connectivity index (χ1n) is 21.6. The van der Waals surface area contributed by atoms with Crippen molar-refractivity contribution in [3.63, 3.8) is 0 Å². The second-order valence-corrected chi connectivity index (χ2v) is 18.9. The van der Waals surface area contributed by atoms with E-state index in [1.165, 1.54) is 33.4 Å². The number of aryl methyl sites for hydroxylation is 4. The van der Waals surface area contributed by atoms with Crippen LogP contribution in [0, 0.1) is 27.7 Å². The molecule has 8 rings (SSSR count). The zero-order valence-corrected chi connectivity index (χ0v) is 38.5. The number of fused-ring (bicyclic) bond motifs is 1. The zero-order chi connectivity index (χ0) is 42.8. The third-order valence-electron chi connectivity index (χ3n) is 11.6. The molecule has 0 unspecified atom stereocenters. The number of hydrogen-bond donors (Lipinski definition) is 0. The summed E-state index contributed by atoms with van der Waals surface area (Å²) in [7, 11) is 0. The molecule has 6 aromatic carbocycles. The van der Waals surface area contributed by atoms with Gasteiger partial charge in [0.25, 0.3) is 0 Å². The third kappa shape index (κ3) is 11.7. The maximum Gasteiger partial charge on any atom is 0.133 e. The topological polar surface area (TPSA) is 55.4 Å². The number of ether oxygens (including phenoxy) is 6. The van der Waals surface area contributed by atoms with Gasteiger partial charge in [-0.25, -0.2) is 0 Å². The van der Waals surface area contributed by atoms with Gasteiger partial charge in [0, 0.05) is 9.72 Å². The predicted octanol–water partition coefficient (Wildman–Crippen LogP) is 12.3. The van der Waals surface area contributed by atoms with E-state index in [9.17, 15) is 0 Å². The van der Waals surface area contributed by atoms with Crippen LogP contribution in [0.4, 0.5) is 0 Å². The van der Waals surface area contributed by atoms with E-state index in [0.717, 1.165) is 38.7 Å². The summed E-state index contributed by atoms with van der Waals surface area (Å²) in [4.78, 5) is 0. The van der Waals surface area contributed by atoms with Crippen LogP contribution in [0.5, 0.6) is 0 Å². The Bertz CT molecular complexity index is 2390. The van der Waals surface area contributed by atoms with Crippen molar-refractivity contribution in [1.82, 2.24) is 0 Å². The maximum absolute atomic E-state index is 7.33. The monoisotopic (exact) mass is 912 g/mol. The van der Waals surface area contributed by atoms with E-state index in [4.69, 9.17) is 28.4 Å². The number of hydrogen-bond acceptors (Lipinski definition) is 7. The molecule has 2 aliphatic rings. The second-order valence-electron chi connectivity index (χ2n) is 16.7. The molecule has 7 atom stereocenters. The van der Waals surface area contributed by atoms with Crippen molar-refractivity contribution in [3.05, 3.63) is 211 Å². The quantitative estimate of drug-likeness (QED) is 0.0851. The van der Waals surface area contributed by atoms with Crippen LogP contribution >= 0.6 is 27.7 Å². The van der Waals surface area contributed by atoms with Crippen molar-refractivity contribution in [2.45, 2.75) is 108 Å². The molecule has 8 heteroatoms. The van der Waals surface area contributed by atoms with E-state index in [0.29, 0.717) is 39.6 Å². The van der Waals surface area contributed by atoms with E-state index < -0.39 is 29.9 Å². The van der Waals surface area contributed by atoms with E-state index >= 15 is 0 Å². The van der Waals surface area contributed by atoms with Gasteiger partial charge in [0.1, 0.15) is 29.9 Å². The number of benzene rings is 6. The summed E-state index contributed by atoms with van der Waals surface area (Å²) < 4.78 is 43.2. The van der Waals surface area contributed by atoms with Gasteiger partial charge < -0.3 is 28.4 Å². The molecular weight excluding hydrogens is 857 g/mol. The summed E-state index contributed by atoms with van der Waals surface area (Å²) in [5.41, 5.74) is 12.3. The average Bonchev–Trinajstić information content (AvgIpc) is 3.61. The van der Waals surface area contributed by atoms with Crippen LogP contribution in [0.25, 0.3) is 0 Å². The van der Waals surface area contributed by atoms with E-state index in [-0.39, 0.29) is 11.4 Å². The molecular formula is C54H57BrO6S. The summed E-state index contributed by atoms with van der Waals surface area (Å²) in [5.74, 6) is 0. The lowest BCUT2D eigenvalue weighted by Crippen LogP contribution is -2.60. The van der Waals surface area contributed by atoms with Gasteiger partial charge in [0.05, 0.1) is 45.7 Å². The van der Waals surface area contributed by atoms with Crippen LogP contribution in [-0.2, 0) is 67.9 Å². The Labute approximate surface area is 380 Å². The Kier molecular flexibility index (Phi) is 15.5. The molecule has 0 bridgehead atoms. The van der Waals surface area contributed by atoms with Gasteiger partial charge in [-0.05, 0) is 79.1 Å². The molecule has 1 saturated heterocycles. The first-order valence-corrected chi connectivity index (χ1v) is 23.4. The van der Waals surface area contributed by atoms with Crippen LogP contribution in [0.15, 0.2) is 150 Å². The fourth-order valence-electron chi connectivity index (χ4n) is 8.57. The normalized spacial score (nSPS) is 22.1. The number of thioether (sulfide) groups is 1. The fourth-order valence-corrected chi connectivity index (χ4v) is 10.6. The van der Waals surface area contributed by atoms with E-state index in [2.05, 4.69) is 183 Å². The van der Waals surface area contributed by atoms with Crippen LogP contribution in [0.1, 0.15) is 67.3 Å². The van der Waals surface area contributed by atoms with Crippen LogP contribution < -0.4 is 0 Å². The Morgan fingerprint density at radius 2 is 1.05 bits per heavy atom. The highest BCUT2D eigenvalue weighted by atomic mass is 79.9. The maximum atomic E-state index is 7.33. The minimum absolute atomic E-state index is 0.0426. The number of rotatable bonds is 18. The first-order chi connectivity index (χ1) is 30.3. The molecule has 0 aromatic heterocycles. The lowest BCUT2D eigenvalue weighted by Gasteiger charge is -2.46. The van der Waals surface area contributed by atoms with Crippen molar-refractivity contribution in [2.75, 3.05) is 6.61 Å². The van der Waals surface area contributed by atoms with Crippen molar-refractivity contribution in [1.29, 1.82) is 0 Å². The highest BCUT2D eigenvalue weighted by molar-refractivity contribution is 9.10. The lowest BCUT2D eigenvalue weighted by atomic mass is 9.98. The summed E-state index contributed by atoms with van der Waals surface area (Å²) >= 11 is 5.53. The third-order valence-corrected chi connectivity index (χ3v) is 13.8. The van der Waals surface area contributed by atoms with Crippen molar-refractivity contribution < 1.29 is 28.4 Å². The molecule has 62 heavy (non-hydrogen) atoms. The summed E-state index contributed by atoms with van der Waals surface area (Å²) in [6.07, 6.45) is -1.32. The minimum atomic E-state index is -0.513. The molecule has 0 N–H and O–H groups in total. The van der Waals surface area contributed by atoms with Gasteiger partial charge in [-0.15, -0.1) is 11.8 Å². The van der Waals surface area contributed by atoms with Crippen LogP contribution in [-0.4, -0.2) is 41.7 Å². The standard InChI is InChI=1S/C54H57BrO6S/c1-36-13-9-17-40(25-36)30-56-35-48-51(57-31-41-18-10-14-37(2)26-41)52(58-32-42-19-11-15-38(3)27-42)53(59-33-43-20-12-16-39(4)28-43)54(61-48)62-49-29-44-21-5-7-23-46(44)50(49)60-34-45-22-6-8-24-47(45)55/h5-28,48-54H,29-35H2,1-4H3/t48-,49-,50+,51-,52+,53-,54-/m1/s1. The van der Waals surface area contributed by atoms with Crippen molar-refractivity contribution >= 4 is 27.7 Å². The average molecular weight is 914 g/mol. The SMILES string of the molecule is Cc1cccc(COC[C@H]2O[C@H](S[C@@H]3Cc4ccccc4[C@@H]3OCc3ccccc3Br)[C@H](OCc3cccc(C)c3)[C@@H](OCc3cccc(C)c3)[C@@H]2OCc2cccc(C)c2)c1. The molecule has 6 nitrogen and oxygen atoms in total. The minimum Gasteiger partial charge on any atom is -0.374 e. The largest absolute Gasteiger partial charge is 0.374 e. The molecule has 1 heterocycles. The van der Waals surface area contributed by atoms with Gasteiger partial charge in [0.15, 0.2) is 0 Å². The van der Waals surface area contributed by atoms with Crippen molar-refractivity contribution in [2.24, 2.45) is 0 Å². The van der Waals surface area contributed by atoms with Gasteiger partial charge in [0.2, 0.25) is 0 Å². The highest BCUT2D eigenvalue weighted by Crippen LogP contribution is 2.46. The molecule has 1 aliphatic heterocycles. The zero-order valence-electron chi connectivity index (χ0n) is 36.1. The summed E-state index contributed by atoms with van der Waals surface area (Å²) in [6.45, 7) is 10.9. The number of halogens is 1. The Morgan fingerprint density at radius 1 is 0.532 bits per heavy atom. The molecule has 0 radical (unpaired) electrons. The molecule has 6 aromatic rings. The highest BCUT2D eigenvalue weighted by Gasteiger charge is 2.50. The summed E-state index contributed by atoms with van der Waals surface area (Å²) in [5, 5.41) is 0.0426. The van der Waals surface area contributed by atoms with E-state index in [1.807, 2.05) is 6.07 Å². The molecule has 0 amide bonds. The summed E-state index contributed by atoms with van der Waals surface area (Å²) in [6, 6.07) is 50.8. The van der Waals surface area contributed by atoms with Crippen LogP contribution in [0.3, 0.4) is 0 Å². The molecule has 322 valence electrons. The Morgan fingerprint density at radius 3 is 1.63 bits per heavy atom.